The van der Waals surface area contributed by atoms with Crippen LogP contribution in [0.4, 0.5) is 13.2 Å². The zero-order valence-corrected chi connectivity index (χ0v) is 11.7. The van der Waals surface area contributed by atoms with E-state index in [4.69, 9.17) is 0 Å². The molecule has 1 aliphatic rings. The fourth-order valence-corrected chi connectivity index (χ4v) is 2.64. The first-order chi connectivity index (χ1) is 9.77. The molecule has 5 nitrogen and oxygen atoms in total. The lowest BCUT2D eigenvalue weighted by atomic mass is 9.87. The average Bonchev–Trinajstić information content (AvgIpc) is 2.78. The minimum atomic E-state index is -4.66. The number of halogens is 3. The second-order valence-electron chi connectivity index (χ2n) is 5.46. The van der Waals surface area contributed by atoms with E-state index >= 15 is 0 Å². The predicted octanol–water partition coefficient (Wildman–Crippen LogP) is 1.72. The van der Waals surface area contributed by atoms with Gasteiger partial charge in [0.05, 0.1) is 11.7 Å². The third kappa shape index (κ3) is 3.96. The Morgan fingerprint density at radius 1 is 1.52 bits per heavy atom. The van der Waals surface area contributed by atoms with E-state index in [1.807, 2.05) is 0 Å². The lowest BCUT2D eigenvalue weighted by Crippen LogP contribution is -2.33. The molecule has 0 aliphatic heterocycles. The Bertz CT molecular complexity index is 513. The van der Waals surface area contributed by atoms with Gasteiger partial charge < -0.3 is 10.4 Å². The average molecular weight is 305 g/mol. The minimum Gasteiger partial charge on any atom is -0.393 e. The molecule has 1 aromatic rings. The number of hydrogen-bond donors (Lipinski definition) is 2. The number of aromatic nitrogens is 2. The number of aryl methyl sites for hydroxylation is 1. The van der Waals surface area contributed by atoms with E-state index in [9.17, 15) is 23.1 Å². The number of carbonyl (C=O) groups is 1. The van der Waals surface area contributed by atoms with Crippen molar-refractivity contribution < 1.29 is 23.1 Å². The summed E-state index contributed by atoms with van der Waals surface area (Å²) in [7, 11) is 1.34. The van der Waals surface area contributed by atoms with E-state index in [-0.39, 0.29) is 18.6 Å². The number of aliphatic hydroxyl groups is 1. The number of nitrogens with zero attached hydrogens (tertiary/aromatic N) is 2. The topological polar surface area (TPSA) is 67.2 Å². The van der Waals surface area contributed by atoms with Gasteiger partial charge in [0.2, 0.25) is 0 Å². The highest BCUT2D eigenvalue weighted by Gasteiger charge is 2.39. The SMILES string of the molecule is Cn1cc(C(=O)NCC2CCCC(O)C2)c(C(F)(F)F)n1. The summed E-state index contributed by atoms with van der Waals surface area (Å²) in [6.45, 7) is 0.266. The highest BCUT2D eigenvalue weighted by Crippen LogP contribution is 2.30. The Morgan fingerprint density at radius 2 is 2.24 bits per heavy atom. The Kier molecular flexibility index (Phi) is 4.55. The van der Waals surface area contributed by atoms with Gasteiger partial charge in [0.1, 0.15) is 0 Å². The summed E-state index contributed by atoms with van der Waals surface area (Å²) in [4.78, 5) is 11.9. The Hall–Kier alpha value is -1.57. The quantitative estimate of drug-likeness (QED) is 0.893. The number of nitrogens with one attached hydrogen (secondary N) is 1. The molecule has 0 aromatic carbocycles. The first kappa shape index (κ1) is 15.8. The molecule has 21 heavy (non-hydrogen) atoms. The van der Waals surface area contributed by atoms with Gasteiger partial charge in [-0.25, -0.2) is 0 Å². The molecule has 2 atom stereocenters. The van der Waals surface area contributed by atoms with E-state index in [1.165, 1.54) is 7.05 Å². The third-order valence-corrected chi connectivity index (χ3v) is 3.65. The largest absolute Gasteiger partial charge is 0.435 e. The Labute approximate surface area is 120 Å². The van der Waals surface area contributed by atoms with Crippen LogP contribution in [0, 0.1) is 5.92 Å². The summed E-state index contributed by atoms with van der Waals surface area (Å²) in [5.74, 6) is -0.681. The van der Waals surface area contributed by atoms with Gasteiger partial charge in [0.25, 0.3) is 5.91 Å². The van der Waals surface area contributed by atoms with Crippen LogP contribution in [0.25, 0.3) is 0 Å². The van der Waals surface area contributed by atoms with E-state index < -0.39 is 23.3 Å². The number of amides is 1. The van der Waals surface area contributed by atoms with Crippen LogP contribution in [-0.4, -0.2) is 33.4 Å². The second kappa shape index (κ2) is 6.05. The summed E-state index contributed by atoms with van der Waals surface area (Å²) in [5.41, 5.74) is -1.65. The van der Waals surface area contributed by atoms with Crippen LogP contribution < -0.4 is 5.32 Å². The van der Waals surface area contributed by atoms with E-state index in [0.717, 1.165) is 30.1 Å². The summed E-state index contributed by atoms with van der Waals surface area (Å²) in [6.07, 6.45) is -0.947. The maximum absolute atomic E-state index is 12.8. The zero-order valence-electron chi connectivity index (χ0n) is 11.7. The Balaban J connectivity index is 2.00. The predicted molar refractivity (Wildman–Crippen MR) is 68.5 cm³/mol. The molecule has 1 aliphatic carbocycles. The van der Waals surface area contributed by atoms with Crippen molar-refractivity contribution in [3.8, 4) is 0 Å². The van der Waals surface area contributed by atoms with Crippen molar-refractivity contribution in [2.45, 2.75) is 38.0 Å². The molecular formula is C13H18F3N3O2. The molecule has 1 fully saturated rings. The molecule has 8 heteroatoms. The molecule has 1 saturated carbocycles. The molecule has 1 aromatic heterocycles. The van der Waals surface area contributed by atoms with Gasteiger partial charge in [0, 0.05) is 19.8 Å². The van der Waals surface area contributed by atoms with Crippen molar-refractivity contribution in [3.63, 3.8) is 0 Å². The van der Waals surface area contributed by atoms with Crippen LogP contribution in [0.5, 0.6) is 0 Å². The maximum atomic E-state index is 12.8. The van der Waals surface area contributed by atoms with Crippen molar-refractivity contribution in [2.75, 3.05) is 6.54 Å². The number of hydrogen-bond acceptors (Lipinski definition) is 3. The van der Waals surface area contributed by atoms with Crippen LogP contribution in [0.15, 0.2) is 6.20 Å². The van der Waals surface area contributed by atoms with Crippen molar-refractivity contribution >= 4 is 5.91 Å². The first-order valence-corrected chi connectivity index (χ1v) is 6.84. The monoisotopic (exact) mass is 305 g/mol. The van der Waals surface area contributed by atoms with Crippen molar-refractivity contribution in [3.05, 3.63) is 17.5 Å². The molecule has 2 N–H and O–H groups in total. The molecule has 0 spiro atoms. The van der Waals surface area contributed by atoms with Crippen LogP contribution in [-0.2, 0) is 13.2 Å². The molecule has 0 bridgehead atoms. The van der Waals surface area contributed by atoms with Crippen LogP contribution >= 0.6 is 0 Å². The van der Waals surface area contributed by atoms with Crippen molar-refractivity contribution in [2.24, 2.45) is 13.0 Å². The molecule has 0 saturated heterocycles. The Morgan fingerprint density at radius 3 is 2.86 bits per heavy atom. The van der Waals surface area contributed by atoms with Gasteiger partial charge in [-0.1, -0.05) is 6.42 Å². The smallest absolute Gasteiger partial charge is 0.393 e. The molecule has 1 amide bonds. The molecule has 0 radical (unpaired) electrons. The minimum absolute atomic E-state index is 0.101. The summed E-state index contributed by atoms with van der Waals surface area (Å²) in [5, 5.41) is 15.4. The first-order valence-electron chi connectivity index (χ1n) is 6.84. The third-order valence-electron chi connectivity index (χ3n) is 3.65. The van der Waals surface area contributed by atoms with Gasteiger partial charge in [-0.15, -0.1) is 0 Å². The van der Waals surface area contributed by atoms with Gasteiger partial charge in [-0.3, -0.25) is 9.48 Å². The lowest BCUT2D eigenvalue weighted by Gasteiger charge is -2.25. The second-order valence-corrected chi connectivity index (χ2v) is 5.46. The normalized spacial score (nSPS) is 23.1. The molecule has 1 heterocycles. The maximum Gasteiger partial charge on any atom is 0.435 e. The highest BCUT2D eigenvalue weighted by atomic mass is 19.4. The van der Waals surface area contributed by atoms with E-state index in [1.54, 1.807) is 0 Å². The van der Waals surface area contributed by atoms with Gasteiger partial charge in [-0.2, -0.15) is 18.3 Å². The number of aliphatic hydroxyl groups excluding tert-OH is 1. The van der Waals surface area contributed by atoms with Crippen molar-refractivity contribution in [1.82, 2.24) is 15.1 Å². The van der Waals surface area contributed by atoms with Gasteiger partial charge in [0.15, 0.2) is 5.69 Å². The lowest BCUT2D eigenvalue weighted by molar-refractivity contribution is -0.141. The number of alkyl halides is 3. The standard InChI is InChI=1S/C13H18F3N3O2/c1-19-7-10(11(18-19)13(14,15)16)12(21)17-6-8-3-2-4-9(20)5-8/h7-9,20H,2-6H2,1H3,(H,17,21). The van der Waals surface area contributed by atoms with Gasteiger partial charge >= 0.3 is 6.18 Å². The van der Waals surface area contributed by atoms with Crippen LogP contribution in [0.3, 0.4) is 0 Å². The van der Waals surface area contributed by atoms with E-state index in [2.05, 4.69) is 10.4 Å². The highest BCUT2D eigenvalue weighted by molar-refractivity contribution is 5.95. The van der Waals surface area contributed by atoms with Gasteiger partial charge in [-0.05, 0) is 25.2 Å². The fraction of sp³-hybridized carbons (Fsp3) is 0.692. The molecule has 118 valence electrons. The van der Waals surface area contributed by atoms with E-state index in [0.29, 0.717) is 6.42 Å². The number of rotatable bonds is 3. The molecular weight excluding hydrogens is 287 g/mol. The molecule has 2 rings (SSSR count). The number of carbonyl (C=O) groups excluding carboxylic acids is 1. The van der Waals surface area contributed by atoms with Crippen LogP contribution in [0.2, 0.25) is 0 Å². The molecule has 2 unspecified atom stereocenters. The van der Waals surface area contributed by atoms with Crippen molar-refractivity contribution in [1.29, 1.82) is 0 Å². The fourth-order valence-electron chi connectivity index (χ4n) is 2.64. The summed E-state index contributed by atoms with van der Waals surface area (Å²) >= 11 is 0. The zero-order chi connectivity index (χ0) is 15.6. The summed E-state index contributed by atoms with van der Waals surface area (Å²) < 4.78 is 39.3. The van der Waals surface area contributed by atoms with Crippen LogP contribution in [0.1, 0.15) is 41.7 Å². The summed E-state index contributed by atoms with van der Waals surface area (Å²) in [6, 6.07) is 0.